The van der Waals surface area contributed by atoms with Crippen LogP contribution in [0.1, 0.15) is 0 Å². The third kappa shape index (κ3) is 3.84. The van der Waals surface area contributed by atoms with Crippen LogP contribution in [0.2, 0.25) is 5.02 Å². The van der Waals surface area contributed by atoms with E-state index in [0.717, 1.165) is 16.8 Å². The summed E-state index contributed by atoms with van der Waals surface area (Å²) in [6, 6.07) is 3.30. The topological polar surface area (TPSA) is 39.9 Å². The van der Waals surface area contributed by atoms with Gasteiger partial charge < -0.3 is 4.74 Å². The Balaban J connectivity index is 2.27. The summed E-state index contributed by atoms with van der Waals surface area (Å²) >= 11 is 8.60. The van der Waals surface area contributed by atoms with Gasteiger partial charge in [0.2, 0.25) is 4.73 Å². The van der Waals surface area contributed by atoms with Crippen molar-refractivity contribution in [3.05, 3.63) is 33.8 Å². The first-order valence-electron chi connectivity index (χ1n) is 4.96. The Morgan fingerprint density at radius 3 is 2.74 bits per heavy atom. The molecule has 9 heteroatoms. The second kappa shape index (κ2) is 5.79. The van der Waals surface area contributed by atoms with Gasteiger partial charge >= 0.3 is 6.01 Å². The summed E-state index contributed by atoms with van der Waals surface area (Å²) in [5, 5.41) is 3.80. The number of hydrogen-bond donors (Lipinski definition) is 0. The predicted octanol–water partition coefficient (Wildman–Crippen LogP) is 3.89. The van der Waals surface area contributed by atoms with Crippen molar-refractivity contribution in [2.75, 3.05) is 0 Å². The molecule has 1 aromatic heterocycles. The molecule has 0 unspecified atom stereocenters. The van der Waals surface area contributed by atoms with Crippen LogP contribution in [0.15, 0.2) is 22.9 Å². The Kier molecular flexibility index (Phi) is 4.31. The average Bonchev–Trinajstić information content (AvgIpc) is 2.56. The predicted molar refractivity (Wildman–Crippen MR) is 65.2 cm³/mol. The Morgan fingerprint density at radius 1 is 1.37 bits per heavy atom. The second-order valence-corrected chi connectivity index (χ2v) is 4.59. The zero-order valence-electron chi connectivity index (χ0n) is 9.16. The molecule has 0 saturated carbocycles. The Labute approximate surface area is 119 Å². The van der Waals surface area contributed by atoms with Crippen molar-refractivity contribution < 1.29 is 17.9 Å². The number of hydrogen-bond acceptors (Lipinski definition) is 3. The van der Waals surface area contributed by atoms with E-state index in [2.05, 4.69) is 26.0 Å². The van der Waals surface area contributed by atoms with E-state index in [1.54, 1.807) is 0 Å². The van der Waals surface area contributed by atoms with Gasteiger partial charge in [-0.1, -0.05) is 11.6 Å². The zero-order chi connectivity index (χ0) is 14.0. The molecule has 0 radical (unpaired) electrons. The normalized spacial score (nSPS) is 11.1. The standard InChI is InChI=1S/C10H6BrClF3N3O/c11-9-16-10(18(17-9)4-8(14)15)19-7-2-5(12)1-6(13)3-7/h1-3,8H,4H2. The lowest BCUT2D eigenvalue weighted by Gasteiger charge is -2.07. The molecule has 0 amide bonds. The SMILES string of the molecule is Fc1cc(Cl)cc(Oc2nc(Br)nn2CC(F)F)c1. The van der Waals surface area contributed by atoms with Crippen molar-refractivity contribution in [2.45, 2.75) is 13.0 Å². The first-order valence-corrected chi connectivity index (χ1v) is 6.13. The third-order valence-corrected chi connectivity index (χ3v) is 2.52. The molecular weight excluding hydrogens is 350 g/mol. The van der Waals surface area contributed by atoms with Crippen LogP contribution >= 0.6 is 27.5 Å². The average molecular weight is 357 g/mol. The van der Waals surface area contributed by atoms with E-state index in [1.807, 2.05) is 0 Å². The van der Waals surface area contributed by atoms with Crippen LogP contribution in [-0.4, -0.2) is 21.2 Å². The highest BCUT2D eigenvalue weighted by atomic mass is 79.9. The van der Waals surface area contributed by atoms with Gasteiger partial charge in [-0.2, -0.15) is 4.98 Å². The molecular formula is C10H6BrClF3N3O. The fourth-order valence-corrected chi connectivity index (χ4v) is 1.87. The lowest BCUT2D eigenvalue weighted by atomic mass is 10.3. The van der Waals surface area contributed by atoms with Crippen molar-refractivity contribution in [2.24, 2.45) is 0 Å². The molecule has 0 atom stereocenters. The highest BCUT2D eigenvalue weighted by Gasteiger charge is 2.15. The van der Waals surface area contributed by atoms with Crippen LogP contribution in [0.3, 0.4) is 0 Å². The molecule has 4 nitrogen and oxygen atoms in total. The number of ether oxygens (including phenoxy) is 1. The van der Waals surface area contributed by atoms with Crippen molar-refractivity contribution in [3.63, 3.8) is 0 Å². The highest BCUT2D eigenvalue weighted by Crippen LogP contribution is 2.25. The highest BCUT2D eigenvalue weighted by molar-refractivity contribution is 9.10. The lowest BCUT2D eigenvalue weighted by Crippen LogP contribution is -2.09. The summed E-state index contributed by atoms with van der Waals surface area (Å²) in [6.45, 7) is -0.684. The van der Waals surface area contributed by atoms with E-state index >= 15 is 0 Å². The number of nitrogens with zero attached hydrogens (tertiary/aromatic N) is 3. The Bertz CT molecular complexity index is 573. The molecule has 2 aromatic rings. The molecule has 2 rings (SSSR count). The van der Waals surface area contributed by atoms with Gasteiger partial charge in [0.25, 0.3) is 6.43 Å². The van der Waals surface area contributed by atoms with Gasteiger partial charge in [-0.25, -0.2) is 17.9 Å². The number of alkyl halides is 2. The van der Waals surface area contributed by atoms with Gasteiger partial charge in [-0.3, -0.25) is 0 Å². The summed E-state index contributed by atoms with van der Waals surface area (Å²) in [4.78, 5) is 3.77. The van der Waals surface area contributed by atoms with Gasteiger partial charge in [0.05, 0.1) is 0 Å². The molecule has 0 N–H and O–H groups in total. The van der Waals surface area contributed by atoms with E-state index in [4.69, 9.17) is 16.3 Å². The number of rotatable bonds is 4. The maximum Gasteiger partial charge on any atom is 0.321 e. The van der Waals surface area contributed by atoms with E-state index in [-0.39, 0.29) is 21.5 Å². The van der Waals surface area contributed by atoms with Crippen LogP contribution in [0.4, 0.5) is 13.2 Å². The van der Waals surface area contributed by atoms with E-state index in [9.17, 15) is 13.2 Å². The molecule has 19 heavy (non-hydrogen) atoms. The van der Waals surface area contributed by atoms with Crippen molar-refractivity contribution in [1.82, 2.24) is 14.8 Å². The van der Waals surface area contributed by atoms with Gasteiger partial charge in [0.15, 0.2) is 0 Å². The van der Waals surface area contributed by atoms with E-state index in [1.165, 1.54) is 6.07 Å². The quantitative estimate of drug-likeness (QED) is 0.834. The van der Waals surface area contributed by atoms with Gasteiger partial charge in [0, 0.05) is 11.1 Å². The summed E-state index contributed by atoms with van der Waals surface area (Å²) < 4.78 is 43.9. The molecule has 0 aliphatic heterocycles. The molecule has 1 heterocycles. The molecule has 0 fully saturated rings. The van der Waals surface area contributed by atoms with Crippen LogP contribution in [0.25, 0.3) is 0 Å². The minimum absolute atomic E-state index is 0.0421. The summed E-state index contributed by atoms with van der Waals surface area (Å²) in [5.74, 6) is -0.568. The summed E-state index contributed by atoms with van der Waals surface area (Å²) in [6.07, 6.45) is -2.62. The molecule has 0 saturated heterocycles. The van der Waals surface area contributed by atoms with Gasteiger partial charge in [-0.05, 0) is 28.1 Å². The van der Waals surface area contributed by atoms with E-state index < -0.39 is 18.8 Å². The smallest absolute Gasteiger partial charge is 0.321 e. The zero-order valence-corrected chi connectivity index (χ0v) is 11.5. The lowest BCUT2D eigenvalue weighted by molar-refractivity contribution is 0.118. The van der Waals surface area contributed by atoms with Crippen molar-refractivity contribution >= 4 is 27.5 Å². The van der Waals surface area contributed by atoms with Gasteiger partial charge in [0.1, 0.15) is 18.1 Å². The largest absolute Gasteiger partial charge is 0.424 e. The fraction of sp³-hybridized carbons (Fsp3) is 0.200. The fourth-order valence-electron chi connectivity index (χ4n) is 1.32. The summed E-state index contributed by atoms with van der Waals surface area (Å²) in [7, 11) is 0. The second-order valence-electron chi connectivity index (χ2n) is 3.44. The number of aromatic nitrogens is 3. The van der Waals surface area contributed by atoms with Crippen molar-refractivity contribution in [1.29, 1.82) is 0 Å². The van der Waals surface area contributed by atoms with Crippen molar-refractivity contribution in [3.8, 4) is 11.8 Å². The molecule has 1 aromatic carbocycles. The maximum absolute atomic E-state index is 13.1. The minimum Gasteiger partial charge on any atom is -0.424 e. The number of benzene rings is 1. The first kappa shape index (κ1) is 14.1. The van der Waals surface area contributed by atoms with Crippen LogP contribution in [0, 0.1) is 5.82 Å². The monoisotopic (exact) mass is 355 g/mol. The number of halogens is 5. The summed E-state index contributed by atoms with van der Waals surface area (Å²) in [5.41, 5.74) is 0. The van der Waals surface area contributed by atoms with Crippen LogP contribution in [-0.2, 0) is 6.54 Å². The minimum atomic E-state index is -2.62. The molecule has 0 aliphatic carbocycles. The van der Waals surface area contributed by atoms with Gasteiger partial charge in [-0.15, -0.1) is 5.10 Å². The Morgan fingerprint density at radius 2 is 2.11 bits per heavy atom. The maximum atomic E-state index is 13.1. The molecule has 0 spiro atoms. The van der Waals surface area contributed by atoms with E-state index in [0.29, 0.717) is 0 Å². The van der Waals surface area contributed by atoms with Crippen LogP contribution < -0.4 is 4.74 Å². The molecule has 0 bridgehead atoms. The third-order valence-electron chi connectivity index (χ3n) is 1.97. The Hall–Kier alpha value is -1.28. The van der Waals surface area contributed by atoms with Crippen LogP contribution in [0.5, 0.6) is 11.8 Å². The first-order chi connectivity index (χ1) is 8.94. The molecule has 0 aliphatic rings. The molecule has 102 valence electrons.